The molecule has 110 valence electrons. The van der Waals surface area contributed by atoms with E-state index in [-0.39, 0.29) is 11.5 Å². The molecule has 0 saturated carbocycles. The van der Waals surface area contributed by atoms with Gasteiger partial charge in [-0.2, -0.15) is 0 Å². The van der Waals surface area contributed by atoms with Gasteiger partial charge in [0.25, 0.3) is 5.69 Å². The monoisotopic (exact) mass is 353 g/mol. The lowest BCUT2D eigenvalue weighted by Crippen LogP contribution is -1.97. The summed E-state index contributed by atoms with van der Waals surface area (Å²) in [7, 11) is 0. The minimum absolute atomic E-state index is 0.0553. The molecule has 21 heavy (non-hydrogen) atoms. The van der Waals surface area contributed by atoms with E-state index in [1.165, 1.54) is 18.2 Å². The van der Waals surface area contributed by atoms with E-state index in [2.05, 4.69) is 15.9 Å². The van der Waals surface area contributed by atoms with Crippen molar-refractivity contribution in [3.8, 4) is 11.5 Å². The Kier molecular flexibility index (Phi) is 4.57. The normalized spacial score (nSPS) is 10.5. The van der Waals surface area contributed by atoms with Crippen molar-refractivity contribution in [2.45, 2.75) is 19.2 Å². The summed E-state index contributed by atoms with van der Waals surface area (Å²) in [5.74, 6) is 0.699. The minimum Gasteiger partial charge on any atom is -0.457 e. The Balaban J connectivity index is 2.41. The molecular formula is C15H13BrFNO3. The molecule has 0 aliphatic carbocycles. The fourth-order valence-corrected chi connectivity index (χ4v) is 2.39. The third kappa shape index (κ3) is 3.39. The van der Waals surface area contributed by atoms with E-state index in [1.54, 1.807) is 26.0 Å². The van der Waals surface area contributed by atoms with Crippen molar-refractivity contribution >= 4 is 21.6 Å². The Hall–Kier alpha value is -1.95. The van der Waals surface area contributed by atoms with E-state index in [1.807, 2.05) is 0 Å². The molecule has 4 nitrogen and oxygen atoms in total. The molecule has 0 bridgehead atoms. The van der Waals surface area contributed by atoms with E-state index in [4.69, 9.17) is 4.74 Å². The van der Waals surface area contributed by atoms with Crippen LogP contribution in [-0.2, 0) is 5.33 Å². The lowest BCUT2D eigenvalue weighted by atomic mass is 10.1. The zero-order valence-electron chi connectivity index (χ0n) is 11.5. The van der Waals surface area contributed by atoms with Gasteiger partial charge in [0.2, 0.25) is 0 Å². The highest BCUT2D eigenvalue weighted by Gasteiger charge is 2.15. The third-order valence-corrected chi connectivity index (χ3v) is 3.68. The maximum absolute atomic E-state index is 13.2. The van der Waals surface area contributed by atoms with Gasteiger partial charge in [-0.25, -0.2) is 4.39 Å². The molecule has 0 saturated heterocycles. The summed E-state index contributed by atoms with van der Waals surface area (Å²) in [6, 6.07) is 7.34. The van der Waals surface area contributed by atoms with Crippen LogP contribution < -0.4 is 4.74 Å². The molecule has 0 N–H and O–H groups in total. The molecule has 0 spiro atoms. The lowest BCUT2D eigenvalue weighted by Gasteiger charge is -2.12. The summed E-state index contributed by atoms with van der Waals surface area (Å²) in [6.45, 7) is 3.39. The second kappa shape index (κ2) is 6.22. The van der Waals surface area contributed by atoms with Crippen molar-refractivity contribution in [3.63, 3.8) is 0 Å². The van der Waals surface area contributed by atoms with Gasteiger partial charge in [0.15, 0.2) is 0 Å². The summed E-state index contributed by atoms with van der Waals surface area (Å²) >= 11 is 3.28. The Morgan fingerprint density at radius 1 is 1.19 bits per heavy atom. The molecule has 0 atom stereocenters. The zero-order valence-corrected chi connectivity index (χ0v) is 13.1. The first-order chi connectivity index (χ1) is 9.92. The van der Waals surface area contributed by atoms with Crippen LogP contribution >= 0.6 is 15.9 Å². The highest BCUT2D eigenvalue weighted by Crippen LogP contribution is 2.33. The van der Waals surface area contributed by atoms with Gasteiger partial charge in [-0.1, -0.05) is 15.9 Å². The third-order valence-electron chi connectivity index (χ3n) is 3.08. The summed E-state index contributed by atoms with van der Waals surface area (Å²) < 4.78 is 19.0. The molecule has 0 radical (unpaired) electrons. The number of aryl methyl sites for hydroxylation is 2. The first-order valence-corrected chi connectivity index (χ1v) is 7.32. The van der Waals surface area contributed by atoms with Crippen LogP contribution in [0.2, 0.25) is 0 Å². The van der Waals surface area contributed by atoms with Gasteiger partial charge >= 0.3 is 0 Å². The van der Waals surface area contributed by atoms with Crippen LogP contribution in [0.15, 0.2) is 30.3 Å². The molecular weight excluding hydrogens is 341 g/mol. The summed E-state index contributed by atoms with van der Waals surface area (Å²) in [5, 5.41) is 11.3. The minimum atomic E-state index is -0.423. The Labute approximate surface area is 129 Å². The van der Waals surface area contributed by atoms with E-state index < -0.39 is 4.92 Å². The van der Waals surface area contributed by atoms with Crippen molar-refractivity contribution in [2.75, 3.05) is 0 Å². The smallest absolute Gasteiger partial charge is 0.272 e. The number of benzene rings is 2. The number of alkyl halides is 1. The van der Waals surface area contributed by atoms with Gasteiger partial charge in [0.05, 0.1) is 4.92 Å². The topological polar surface area (TPSA) is 52.4 Å². The highest BCUT2D eigenvalue weighted by atomic mass is 79.9. The van der Waals surface area contributed by atoms with Crippen LogP contribution in [0.1, 0.15) is 16.7 Å². The molecule has 0 fully saturated rings. The van der Waals surface area contributed by atoms with Crippen LogP contribution in [0.3, 0.4) is 0 Å². The standard InChI is InChI=1S/C15H13BrFNO3/c1-9-6-15(10(2)5-13(9)18(19)20)21-14-4-3-12(17)7-11(14)8-16/h3-7H,8H2,1-2H3. The fraction of sp³-hybridized carbons (Fsp3) is 0.200. The van der Waals surface area contributed by atoms with Gasteiger partial charge in [0, 0.05) is 22.5 Å². The van der Waals surface area contributed by atoms with Crippen LogP contribution in [0.5, 0.6) is 11.5 Å². The summed E-state index contributed by atoms with van der Waals surface area (Å²) in [5.41, 5.74) is 1.89. The fourth-order valence-electron chi connectivity index (χ4n) is 1.95. The second-order valence-electron chi connectivity index (χ2n) is 4.65. The van der Waals surface area contributed by atoms with E-state index in [9.17, 15) is 14.5 Å². The van der Waals surface area contributed by atoms with Crippen molar-refractivity contribution < 1.29 is 14.1 Å². The maximum atomic E-state index is 13.2. The number of nitro benzene ring substituents is 1. The quantitative estimate of drug-likeness (QED) is 0.439. The Bertz CT molecular complexity index is 704. The predicted molar refractivity (Wildman–Crippen MR) is 81.7 cm³/mol. The average Bonchev–Trinajstić information content (AvgIpc) is 2.43. The van der Waals surface area contributed by atoms with Crippen LogP contribution in [0, 0.1) is 29.8 Å². The van der Waals surface area contributed by atoms with Crippen LogP contribution in [0.25, 0.3) is 0 Å². The molecule has 0 unspecified atom stereocenters. The van der Waals surface area contributed by atoms with E-state index in [0.717, 1.165) is 0 Å². The molecule has 0 heterocycles. The molecule has 2 rings (SSSR count). The molecule has 0 aromatic heterocycles. The Morgan fingerprint density at radius 3 is 2.52 bits per heavy atom. The number of ether oxygens (including phenoxy) is 1. The van der Waals surface area contributed by atoms with Crippen LogP contribution in [-0.4, -0.2) is 4.92 Å². The maximum Gasteiger partial charge on any atom is 0.272 e. The second-order valence-corrected chi connectivity index (χ2v) is 5.21. The predicted octanol–water partition coefficient (Wildman–Crippen LogP) is 5.04. The highest BCUT2D eigenvalue weighted by molar-refractivity contribution is 9.08. The van der Waals surface area contributed by atoms with E-state index >= 15 is 0 Å². The molecule has 2 aromatic carbocycles. The van der Waals surface area contributed by atoms with Crippen molar-refractivity contribution in [3.05, 3.63) is 63.0 Å². The molecule has 0 aliphatic rings. The van der Waals surface area contributed by atoms with Gasteiger partial charge in [0.1, 0.15) is 17.3 Å². The number of nitro groups is 1. The zero-order chi connectivity index (χ0) is 15.6. The van der Waals surface area contributed by atoms with Crippen molar-refractivity contribution in [2.24, 2.45) is 0 Å². The number of hydrogen-bond donors (Lipinski definition) is 0. The molecule has 0 amide bonds. The first kappa shape index (κ1) is 15.4. The van der Waals surface area contributed by atoms with E-state index in [0.29, 0.717) is 33.5 Å². The molecule has 2 aromatic rings. The van der Waals surface area contributed by atoms with Crippen molar-refractivity contribution in [1.29, 1.82) is 0 Å². The largest absolute Gasteiger partial charge is 0.457 e. The molecule has 0 aliphatic heterocycles. The first-order valence-electron chi connectivity index (χ1n) is 6.20. The summed E-state index contributed by atoms with van der Waals surface area (Å²) in [4.78, 5) is 10.5. The number of nitrogens with zero attached hydrogens (tertiary/aromatic N) is 1. The van der Waals surface area contributed by atoms with Gasteiger partial charge in [-0.05, 0) is 43.7 Å². The van der Waals surface area contributed by atoms with Gasteiger partial charge in [-0.3, -0.25) is 10.1 Å². The number of halogens is 2. The lowest BCUT2D eigenvalue weighted by molar-refractivity contribution is -0.385. The number of rotatable bonds is 4. The van der Waals surface area contributed by atoms with Gasteiger partial charge < -0.3 is 4.74 Å². The SMILES string of the molecule is Cc1cc([N+](=O)[O-])c(C)cc1Oc1ccc(F)cc1CBr. The van der Waals surface area contributed by atoms with Crippen LogP contribution in [0.4, 0.5) is 10.1 Å². The number of hydrogen-bond acceptors (Lipinski definition) is 3. The van der Waals surface area contributed by atoms with Gasteiger partial charge in [-0.15, -0.1) is 0 Å². The summed E-state index contributed by atoms with van der Waals surface area (Å²) in [6.07, 6.45) is 0. The average molecular weight is 354 g/mol. The Morgan fingerprint density at radius 2 is 1.90 bits per heavy atom. The van der Waals surface area contributed by atoms with Crippen molar-refractivity contribution in [1.82, 2.24) is 0 Å². The molecule has 6 heteroatoms.